The number of unbranched alkanes of at least 4 members (excludes halogenated alkanes) is 2. The third-order valence-corrected chi connectivity index (χ3v) is 5.23. The van der Waals surface area contributed by atoms with Gasteiger partial charge in [0, 0.05) is 13.1 Å². The molecule has 0 unspecified atom stereocenters. The second-order valence-corrected chi connectivity index (χ2v) is 7.08. The number of carbonyl (C=O) groups excluding carboxylic acids is 2. The van der Waals surface area contributed by atoms with Gasteiger partial charge in [0.2, 0.25) is 0 Å². The fourth-order valence-electron chi connectivity index (χ4n) is 3.60. The summed E-state index contributed by atoms with van der Waals surface area (Å²) < 4.78 is 5.16. The van der Waals surface area contributed by atoms with Crippen LogP contribution in [0, 0.1) is 0 Å². The first-order valence-corrected chi connectivity index (χ1v) is 9.94. The summed E-state index contributed by atoms with van der Waals surface area (Å²) in [7, 11) is 1.55. The van der Waals surface area contributed by atoms with Gasteiger partial charge in [0.05, 0.1) is 18.4 Å². The molecular weight excluding hydrogens is 352 g/mol. The molecule has 148 valence electrons. The predicted octanol–water partition coefficient (Wildman–Crippen LogP) is 3.92. The van der Waals surface area contributed by atoms with Crippen LogP contribution in [0.15, 0.2) is 48.5 Å². The number of carbonyl (C=O) groups is 2. The lowest BCUT2D eigenvalue weighted by molar-refractivity contribution is -0.114. The molecule has 0 radical (unpaired) electrons. The van der Waals surface area contributed by atoms with Crippen molar-refractivity contribution in [2.45, 2.75) is 32.7 Å². The van der Waals surface area contributed by atoms with E-state index in [1.807, 2.05) is 6.07 Å². The molecule has 0 N–H and O–H groups in total. The van der Waals surface area contributed by atoms with Crippen molar-refractivity contribution in [1.29, 1.82) is 0 Å². The molecule has 0 fully saturated rings. The predicted molar refractivity (Wildman–Crippen MR) is 111 cm³/mol. The minimum Gasteiger partial charge on any atom is -0.497 e. The van der Waals surface area contributed by atoms with E-state index in [9.17, 15) is 9.59 Å². The fraction of sp³-hybridized carbons (Fsp3) is 0.391. The summed E-state index contributed by atoms with van der Waals surface area (Å²) in [6, 6.07) is 15.7. The van der Waals surface area contributed by atoms with Gasteiger partial charge in [-0.25, -0.2) is 0 Å². The van der Waals surface area contributed by atoms with Crippen LogP contribution in [0.3, 0.4) is 0 Å². The minimum absolute atomic E-state index is 0.428. The summed E-state index contributed by atoms with van der Waals surface area (Å²) in [5.41, 5.74) is 2.48. The standard InChI is InChI=1S/C23H28N2O3/c1-3-24(17-18-10-6-4-7-11-18)14-8-5-9-15-25-21-13-12-19(28-2)16-20(21)22(26)23(25)27/h4,6-7,10-13,16H,3,5,8-9,14-15,17H2,1-2H3. The molecule has 28 heavy (non-hydrogen) atoms. The largest absolute Gasteiger partial charge is 0.497 e. The van der Waals surface area contributed by atoms with Gasteiger partial charge in [-0.1, -0.05) is 43.7 Å². The van der Waals surface area contributed by atoms with Crippen LogP contribution in [0.25, 0.3) is 0 Å². The van der Waals surface area contributed by atoms with Gasteiger partial charge in [0.25, 0.3) is 11.7 Å². The lowest BCUT2D eigenvalue weighted by Gasteiger charge is -2.21. The SMILES string of the molecule is CCN(CCCCCN1C(=O)C(=O)c2cc(OC)ccc21)Cc1ccccc1. The van der Waals surface area contributed by atoms with Crippen molar-refractivity contribution < 1.29 is 14.3 Å². The topological polar surface area (TPSA) is 49.9 Å². The van der Waals surface area contributed by atoms with Crippen molar-refractivity contribution in [2.24, 2.45) is 0 Å². The Balaban J connectivity index is 1.46. The Labute approximate surface area is 166 Å². The van der Waals surface area contributed by atoms with Crippen LogP contribution >= 0.6 is 0 Å². The molecule has 0 aromatic heterocycles. The van der Waals surface area contributed by atoms with E-state index in [2.05, 4.69) is 36.1 Å². The smallest absolute Gasteiger partial charge is 0.299 e. The summed E-state index contributed by atoms with van der Waals surface area (Å²) in [4.78, 5) is 28.6. The van der Waals surface area contributed by atoms with E-state index in [4.69, 9.17) is 4.74 Å². The second kappa shape index (κ2) is 9.51. The summed E-state index contributed by atoms with van der Waals surface area (Å²) in [5.74, 6) is -0.267. The number of hydrogen-bond acceptors (Lipinski definition) is 4. The van der Waals surface area contributed by atoms with Crippen LogP contribution < -0.4 is 9.64 Å². The van der Waals surface area contributed by atoms with Crippen LogP contribution in [0.4, 0.5) is 5.69 Å². The van der Waals surface area contributed by atoms with Gasteiger partial charge in [0.1, 0.15) is 5.75 Å². The Bertz CT molecular complexity index is 820. The average Bonchev–Trinajstić information content (AvgIpc) is 2.97. The van der Waals surface area contributed by atoms with Crippen LogP contribution in [0.1, 0.15) is 42.1 Å². The first-order valence-electron chi connectivity index (χ1n) is 9.94. The van der Waals surface area contributed by atoms with Crippen LogP contribution in [0.5, 0.6) is 5.75 Å². The van der Waals surface area contributed by atoms with E-state index >= 15 is 0 Å². The molecule has 2 aromatic rings. The van der Waals surface area contributed by atoms with Crippen molar-refractivity contribution >= 4 is 17.4 Å². The van der Waals surface area contributed by atoms with E-state index in [1.165, 1.54) is 5.56 Å². The number of methoxy groups -OCH3 is 1. The Morgan fingerprint density at radius 1 is 1.00 bits per heavy atom. The lowest BCUT2D eigenvalue weighted by atomic mass is 10.1. The Kier molecular flexibility index (Phi) is 6.82. The summed E-state index contributed by atoms with van der Waals surface area (Å²) >= 11 is 0. The van der Waals surface area contributed by atoms with E-state index in [0.29, 0.717) is 23.5 Å². The highest BCUT2D eigenvalue weighted by atomic mass is 16.5. The number of fused-ring (bicyclic) bond motifs is 1. The first-order chi connectivity index (χ1) is 13.6. The van der Waals surface area contributed by atoms with Gasteiger partial charge in [-0.05, 0) is 49.7 Å². The molecule has 0 spiro atoms. The number of ether oxygens (including phenoxy) is 1. The number of Topliss-reactive ketones (excluding diaryl/α,β-unsaturated/α-hetero) is 1. The molecule has 2 aromatic carbocycles. The number of rotatable bonds is 10. The molecule has 0 saturated carbocycles. The number of nitrogens with zero attached hydrogens (tertiary/aromatic N) is 2. The van der Waals surface area contributed by atoms with Crippen molar-refractivity contribution in [3.05, 3.63) is 59.7 Å². The van der Waals surface area contributed by atoms with Gasteiger partial charge in [-0.2, -0.15) is 0 Å². The zero-order valence-corrected chi connectivity index (χ0v) is 16.7. The quantitative estimate of drug-likeness (QED) is 0.463. The molecular formula is C23H28N2O3. The minimum atomic E-state index is -0.436. The van der Waals surface area contributed by atoms with E-state index in [-0.39, 0.29) is 0 Å². The molecule has 5 heteroatoms. The second-order valence-electron chi connectivity index (χ2n) is 7.08. The van der Waals surface area contributed by atoms with E-state index < -0.39 is 11.7 Å². The van der Waals surface area contributed by atoms with Crippen molar-refractivity contribution in [3.8, 4) is 5.75 Å². The van der Waals surface area contributed by atoms with Crippen LogP contribution in [-0.2, 0) is 11.3 Å². The number of anilines is 1. The van der Waals surface area contributed by atoms with Crippen LogP contribution in [-0.4, -0.2) is 43.3 Å². The molecule has 1 heterocycles. The maximum atomic E-state index is 12.3. The summed E-state index contributed by atoms with van der Waals surface area (Å²) in [5, 5.41) is 0. The van der Waals surface area contributed by atoms with Gasteiger partial charge in [-0.15, -0.1) is 0 Å². The summed E-state index contributed by atoms with van der Waals surface area (Å²) in [6.45, 7) is 5.78. The Morgan fingerprint density at radius 2 is 1.79 bits per heavy atom. The molecule has 1 aliphatic rings. The monoisotopic (exact) mass is 380 g/mol. The summed E-state index contributed by atoms with van der Waals surface area (Å²) in [6.07, 6.45) is 2.98. The highest BCUT2D eigenvalue weighted by Gasteiger charge is 2.35. The van der Waals surface area contributed by atoms with Gasteiger partial charge in [-0.3, -0.25) is 14.5 Å². The number of amides is 1. The van der Waals surface area contributed by atoms with Crippen molar-refractivity contribution in [2.75, 3.05) is 31.6 Å². The van der Waals surface area contributed by atoms with Gasteiger partial charge < -0.3 is 9.64 Å². The third-order valence-electron chi connectivity index (χ3n) is 5.23. The Hall–Kier alpha value is -2.66. The number of hydrogen-bond donors (Lipinski definition) is 0. The van der Waals surface area contributed by atoms with E-state index in [1.54, 1.807) is 30.2 Å². The van der Waals surface area contributed by atoms with E-state index in [0.717, 1.165) is 38.9 Å². The maximum absolute atomic E-state index is 12.3. The fourth-order valence-corrected chi connectivity index (χ4v) is 3.60. The van der Waals surface area contributed by atoms with Crippen molar-refractivity contribution in [3.63, 3.8) is 0 Å². The molecule has 5 nitrogen and oxygen atoms in total. The number of ketones is 1. The van der Waals surface area contributed by atoms with Crippen LogP contribution in [0.2, 0.25) is 0 Å². The molecule has 0 saturated heterocycles. The lowest BCUT2D eigenvalue weighted by Crippen LogP contribution is -2.30. The van der Waals surface area contributed by atoms with Gasteiger partial charge in [0.15, 0.2) is 0 Å². The average molecular weight is 380 g/mol. The third kappa shape index (κ3) is 4.60. The molecule has 0 aliphatic carbocycles. The molecule has 1 amide bonds. The zero-order valence-electron chi connectivity index (χ0n) is 16.7. The molecule has 0 bridgehead atoms. The highest BCUT2D eigenvalue weighted by Crippen LogP contribution is 2.32. The highest BCUT2D eigenvalue weighted by molar-refractivity contribution is 6.52. The molecule has 1 aliphatic heterocycles. The first kappa shape index (κ1) is 20.1. The normalized spacial score (nSPS) is 13.3. The molecule has 3 rings (SSSR count). The zero-order chi connectivity index (χ0) is 19.9. The van der Waals surface area contributed by atoms with Crippen molar-refractivity contribution in [1.82, 2.24) is 4.90 Å². The number of benzene rings is 2. The maximum Gasteiger partial charge on any atom is 0.299 e. The molecule has 0 atom stereocenters. The van der Waals surface area contributed by atoms with Gasteiger partial charge >= 0.3 is 0 Å². The Morgan fingerprint density at radius 3 is 2.50 bits per heavy atom.